The zero-order chi connectivity index (χ0) is 15.2. The number of methoxy groups -OCH3 is 1. The summed E-state index contributed by atoms with van der Waals surface area (Å²) >= 11 is 0. The summed E-state index contributed by atoms with van der Waals surface area (Å²) in [5.74, 6) is 0.184. The third kappa shape index (κ3) is 3.29. The van der Waals surface area contributed by atoms with Crippen LogP contribution in [0.25, 0.3) is 0 Å². The first-order chi connectivity index (χ1) is 10.2. The summed E-state index contributed by atoms with van der Waals surface area (Å²) in [5, 5.41) is 21.0. The smallest absolute Gasteiger partial charge is 0.124 e. The van der Waals surface area contributed by atoms with Crippen molar-refractivity contribution in [2.75, 3.05) is 12.4 Å². The number of nitrogens with zero attached hydrogens (tertiary/aromatic N) is 2. The fourth-order valence-corrected chi connectivity index (χ4v) is 1.94. The van der Waals surface area contributed by atoms with E-state index in [0.717, 1.165) is 5.56 Å². The van der Waals surface area contributed by atoms with Gasteiger partial charge in [-0.2, -0.15) is 10.5 Å². The lowest BCUT2D eigenvalue weighted by Gasteiger charge is -2.12. The van der Waals surface area contributed by atoms with Gasteiger partial charge in [-0.05, 0) is 36.4 Å². The van der Waals surface area contributed by atoms with Crippen LogP contribution in [-0.4, -0.2) is 7.11 Å². The van der Waals surface area contributed by atoms with Crippen molar-refractivity contribution < 1.29 is 9.13 Å². The quantitative estimate of drug-likeness (QED) is 0.934. The van der Waals surface area contributed by atoms with Gasteiger partial charge in [-0.3, -0.25) is 0 Å². The third-order valence-electron chi connectivity index (χ3n) is 2.98. The van der Waals surface area contributed by atoms with Crippen LogP contribution in [0.4, 0.5) is 10.1 Å². The number of rotatable bonds is 4. The van der Waals surface area contributed by atoms with Gasteiger partial charge in [-0.25, -0.2) is 4.39 Å². The number of halogens is 1. The molecule has 2 aromatic carbocycles. The molecule has 0 heterocycles. The zero-order valence-corrected chi connectivity index (χ0v) is 11.4. The van der Waals surface area contributed by atoms with Gasteiger partial charge in [0.1, 0.15) is 17.6 Å². The Bertz CT molecular complexity index is 744. The number of nitrogens with one attached hydrogen (secondary N) is 1. The maximum absolute atomic E-state index is 13.1. The molecule has 0 amide bonds. The second kappa shape index (κ2) is 6.40. The van der Waals surface area contributed by atoms with Crippen molar-refractivity contribution in [1.82, 2.24) is 0 Å². The lowest BCUT2D eigenvalue weighted by Crippen LogP contribution is -2.04. The van der Waals surface area contributed by atoms with Crippen molar-refractivity contribution >= 4 is 5.69 Å². The van der Waals surface area contributed by atoms with E-state index in [2.05, 4.69) is 11.4 Å². The summed E-state index contributed by atoms with van der Waals surface area (Å²) in [6, 6.07) is 13.1. The maximum atomic E-state index is 13.1. The highest BCUT2D eigenvalue weighted by Crippen LogP contribution is 2.22. The molecule has 1 N–H and O–H groups in total. The highest BCUT2D eigenvalue weighted by Gasteiger charge is 2.07. The van der Waals surface area contributed by atoms with Crippen LogP contribution in [0.15, 0.2) is 36.4 Å². The number of benzene rings is 2. The summed E-state index contributed by atoms with van der Waals surface area (Å²) in [5.41, 5.74) is 2.06. The second-order valence-electron chi connectivity index (χ2n) is 4.29. The average Bonchev–Trinajstić information content (AvgIpc) is 2.53. The first-order valence-electron chi connectivity index (χ1n) is 6.18. The van der Waals surface area contributed by atoms with Gasteiger partial charge in [0, 0.05) is 12.1 Å². The molecule has 2 rings (SSSR count). The average molecular weight is 281 g/mol. The molecular formula is C16H12FN3O. The maximum Gasteiger partial charge on any atom is 0.124 e. The van der Waals surface area contributed by atoms with E-state index >= 15 is 0 Å². The predicted molar refractivity (Wildman–Crippen MR) is 76.2 cm³/mol. The lowest BCUT2D eigenvalue weighted by atomic mass is 10.1. The zero-order valence-electron chi connectivity index (χ0n) is 11.4. The molecule has 0 fully saturated rings. The van der Waals surface area contributed by atoms with Crippen LogP contribution in [0.5, 0.6) is 5.75 Å². The minimum atomic E-state index is -0.457. The molecule has 0 saturated carbocycles. The largest absolute Gasteiger partial charge is 0.496 e. The minimum Gasteiger partial charge on any atom is -0.496 e. The van der Waals surface area contributed by atoms with Gasteiger partial charge in [-0.15, -0.1) is 0 Å². The van der Waals surface area contributed by atoms with E-state index in [9.17, 15) is 4.39 Å². The molecule has 5 heteroatoms. The molecule has 0 aromatic heterocycles. The van der Waals surface area contributed by atoms with Gasteiger partial charge >= 0.3 is 0 Å². The van der Waals surface area contributed by atoms with Gasteiger partial charge in [0.2, 0.25) is 0 Å². The van der Waals surface area contributed by atoms with Gasteiger partial charge < -0.3 is 10.1 Å². The Morgan fingerprint density at radius 3 is 2.62 bits per heavy atom. The number of nitriles is 2. The van der Waals surface area contributed by atoms with Crippen LogP contribution in [0.2, 0.25) is 0 Å². The van der Waals surface area contributed by atoms with Crippen molar-refractivity contribution in [1.29, 1.82) is 10.5 Å². The number of ether oxygens (including phenoxy) is 1. The van der Waals surface area contributed by atoms with E-state index in [1.54, 1.807) is 25.3 Å². The molecule has 4 nitrogen and oxygen atoms in total. The van der Waals surface area contributed by atoms with E-state index in [1.165, 1.54) is 18.2 Å². The SMILES string of the molecule is COc1ccc(C#N)cc1CNc1ccc(F)cc1C#N. The van der Waals surface area contributed by atoms with Crippen LogP contribution in [0, 0.1) is 28.5 Å². The highest BCUT2D eigenvalue weighted by molar-refractivity contribution is 5.58. The first kappa shape index (κ1) is 14.4. The van der Waals surface area contributed by atoms with Crippen molar-refractivity contribution in [3.8, 4) is 17.9 Å². The van der Waals surface area contributed by atoms with Gasteiger partial charge in [0.25, 0.3) is 0 Å². The first-order valence-corrected chi connectivity index (χ1v) is 6.18. The molecule has 0 bridgehead atoms. The summed E-state index contributed by atoms with van der Waals surface area (Å²) in [4.78, 5) is 0. The Morgan fingerprint density at radius 2 is 1.95 bits per heavy atom. The molecule has 0 radical (unpaired) electrons. The molecule has 0 saturated heterocycles. The fraction of sp³-hybridized carbons (Fsp3) is 0.125. The molecule has 0 spiro atoms. The predicted octanol–water partition coefficient (Wildman–Crippen LogP) is 3.19. The van der Waals surface area contributed by atoms with Crippen molar-refractivity contribution in [3.05, 3.63) is 58.9 Å². The Morgan fingerprint density at radius 1 is 1.14 bits per heavy atom. The van der Waals surface area contributed by atoms with Crippen LogP contribution < -0.4 is 10.1 Å². The highest BCUT2D eigenvalue weighted by atomic mass is 19.1. The standard InChI is InChI=1S/C16H12FN3O/c1-21-16-5-2-11(8-18)6-13(16)10-20-15-4-3-14(17)7-12(15)9-19/h2-7,20H,10H2,1H3. The summed E-state index contributed by atoms with van der Waals surface area (Å²) in [6.07, 6.45) is 0. The molecule has 21 heavy (non-hydrogen) atoms. The molecule has 2 aromatic rings. The summed E-state index contributed by atoms with van der Waals surface area (Å²) < 4.78 is 18.3. The molecule has 0 unspecified atom stereocenters. The van der Waals surface area contributed by atoms with Crippen LogP contribution >= 0.6 is 0 Å². The third-order valence-corrected chi connectivity index (χ3v) is 2.98. The number of hydrogen-bond donors (Lipinski definition) is 1. The molecular weight excluding hydrogens is 269 g/mol. The monoisotopic (exact) mass is 281 g/mol. The lowest BCUT2D eigenvalue weighted by molar-refractivity contribution is 0.410. The molecule has 0 aliphatic heterocycles. The number of hydrogen-bond acceptors (Lipinski definition) is 4. The Labute approximate surface area is 122 Å². The Balaban J connectivity index is 2.24. The van der Waals surface area contributed by atoms with Crippen molar-refractivity contribution in [2.45, 2.75) is 6.54 Å². The van der Waals surface area contributed by atoms with Crippen LogP contribution in [0.1, 0.15) is 16.7 Å². The topological polar surface area (TPSA) is 68.8 Å². The van der Waals surface area contributed by atoms with E-state index in [1.807, 2.05) is 6.07 Å². The van der Waals surface area contributed by atoms with Crippen LogP contribution in [-0.2, 0) is 6.54 Å². The van der Waals surface area contributed by atoms with E-state index in [0.29, 0.717) is 23.5 Å². The Kier molecular flexibility index (Phi) is 4.38. The van der Waals surface area contributed by atoms with E-state index in [4.69, 9.17) is 15.3 Å². The normalized spacial score (nSPS) is 9.52. The summed E-state index contributed by atoms with van der Waals surface area (Å²) in [7, 11) is 1.55. The fourth-order valence-electron chi connectivity index (χ4n) is 1.94. The van der Waals surface area contributed by atoms with Gasteiger partial charge in [0.15, 0.2) is 0 Å². The van der Waals surface area contributed by atoms with Crippen LogP contribution in [0.3, 0.4) is 0 Å². The molecule has 0 atom stereocenters. The molecule has 0 aliphatic carbocycles. The molecule has 104 valence electrons. The van der Waals surface area contributed by atoms with Crippen molar-refractivity contribution in [2.24, 2.45) is 0 Å². The van der Waals surface area contributed by atoms with E-state index in [-0.39, 0.29) is 5.56 Å². The number of anilines is 1. The summed E-state index contributed by atoms with van der Waals surface area (Å²) in [6.45, 7) is 0.360. The van der Waals surface area contributed by atoms with Gasteiger partial charge in [-0.1, -0.05) is 0 Å². The Hall–Kier alpha value is -3.05. The van der Waals surface area contributed by atoms with E-state index < -0.39 is 5.82 Å². The van der Waals surface area contributed by atoms with Gasteiger partial charge in [0.05, 0.1) is 30.0 Å². The second-order valence-corrected chi connectivity index (χ2v) is 4.29. The minimum absolute atomic E-state index is 0.227. The van der Waals surface area contributed by atoms with Crippen molar-refractivity contribution in [3.63, 3.8) is 0 Å². The molecule has 0 aliphatic rings.